The largest absolute Gasteiger partial charge is 0.391 e. The summed E-state index contributed by atoms with van der Waals surface area (Å²) in [5.41, 5.74) is 1.23. The van der Waals surface area contributed by atoms with Crippen LogP contribution < -0.4 is 0 Å². The number of β-amino-alcohol motifs (C(OH)–C–C–N with tert-alkyl or cyclic N) is 1. The predicted octanol–water partition coefficient (Wildman–Crippen LogP) is 3.69. The summed E-state index contributed by atoms with van der Waals surface area (Å²) in [4.78, 5) is 2.37. The van der Waals surface area contributed by atoms with Gasteiger partial charge in [-0.2, -0.15) is 0 Å². The summed E-state index contributed by atoms with van der Waals surface area (Å²) in [7, 11) is 0. The maximum absolute atomic E-state index is 10.5. The molecular formula is C19H24ClNO. The van der Waals surface area contributed by atoms with Crippen molar-refractivity contribution in [3.05, 3.63) is 48.0 Å². The van der Waals surface area contributed by atoms with E-state index >= 15 is 0 Å². The molecule has 2 atom stereocenters. The van der Waals surface area contributed by atoms with E-state index in [-0.39, 0.29) is 6.10 Å². The van der Waals surface area contributed by atoms with Crippen molar-refractivity contribution in [2.75, 3.05) is 25.5 Å². The minimum Gasteiger partial charge on any atom is -0.391 e. The van der Waals surface area contributed by atoms with Crippen LogP contribution in [0.2, 0.25) is 0 Å². The molecule has 118 valence electrons. The fraction of sp³-hybridized carbons (Fsp3) is 0.474. The van der Waals surface area contributed by atoms with Gasteiger partial charge in [0.2, 0.25) is 0 Å². The monoisotopic (exact) mass is 317 g/mol. The topological polar surface area (TPSA) is 23.5 Å². The standard InChI is InChI=1S/C19H24ClNO/c20-12-15-5-4-10-21(13-15)14-18(22)11-17-8-3-7-16-6-1-2-9-19(16)17/h1-3,6-9,15,18,22H,4-5,10-14H2. The van der Waals surface area contributed by atoms with Gasteiger partial charge in [-0.05, 0) is 41.6 Å². The molecule has 1 N–H and O–H groups in total. The molecule has 0 saturated carbocycles. The average molecular weight is 318 g/mol. The number of aliphatic hydroxyl groups is 1. The van der Waals surface area contributed by atoms with Gasteiger partial charge < -0.3 is 10.0 Å². The Bertz CT molecular complexity index is 610. The first-order chi connectivity index (χ1) is 10.8. The van der Waals surface area contributed by atoms with Crippen LogP contribution in [0.3, 0.4) is 0 Å². The van der Waals surface area contributed by atoms with E-state index in [2.05, 4.69) is 47.4 Å². The van der Waals surface area contributed by atoms with Gasteiger partial charge in [0, 0.05) is 25.4 Å². The molecule has 0 spiro atoms. The Morgan fingerprint density at radius 3 is 2.86 bits per heavy atom. The number of fused-ring (bicyclic) bond motifs is 1. The molecule has 3 heteroatoms. The maximum atomic E-state index is 10.5. The van der Waals surface area contributed by atoms with E-state index in [4.69, 9.17) is 11.6 Å². The molecule has 2 nitrogen and oxygen atoms in total. The minimum atomic E-state index is -0.320. The highest BCUT2D eigenvalue weighted by Crippen LogP contribution is 2.21. The zero-order valence-electron chi connectivity index (χ0n) is 12.9. The van der Waals surface area contributed by atoms with E-state index in [9.17, 15) is 5.11 Å². The lowest BCUT2D eigenvalue weighted by atomic mass is 9.97. The van der Waals surface area contributed by atoms with Gasteiger partial charge in [-0.25, -0.2) is 0 Å². The molecular weight excluding hydrogens is 294 g/mol. The Morgan fingerprint density at radius 1 is 1.18 bits per heavy atom. The van der Waals surface area contributed by atoms with E-state index in [0.717, 1.165) is 25.5 Å². The number of hydrogen-bond donors (Lipinski definition) is 1. The van der Waals surface area contributed by atoms with Crippen LogP contribution in [0.1, 0.15) is 18.4 Å². The van der Waals surface area contributed by atoms with Crippen LogP contribution >= 0.6 is 11.6 Å². The molecule has 1 heterocycles. The average Bonchev–Trinajstić information content (AvgIpc) is 2.55. The SMILES string of the molecule is OC(Cc1cccc2ccccc12)CN1CCCC(CCl)C1. The Labute approximate surface area is 137 Å². The summed E-state index contributed by atoms with van der Waals surface area (Å²) in [6.07, 6.45) is 2.81. The lowest BCUT2D eigenvalue weighted by Gasteiger charge is -2.33. The van der Waals surface area contributed by atoms with E-state index < -0.39 is 0 Å². The molecule has 0 radical (unpaired) electrons. The van der Waals surface area contributed by atoms with Gasteiger partial charge >= 0.3 is 0 Å². The number of likely N-dealkylation sites (tertiary alicyclic amines) is 1. The quantitative estimate of drug-likeness (QED) is 0.850. The van der Waals surface area contributed by atoms with Crippen molar-refractivity contribution in [2.45, 2.75) is 25.4 Å². The molecule has 0 aromatic heterocycles. The fourth-order valence-corrected chi connectivity index (χ4v) is 3.78. The lowest BCUT2D eigenvalue weighted by molar-refractivity contribution is 0.0884. The number of aliphatic hydroxyl groups excluding tert-OH is 1. The van der Waals surface area contributed by atoms with Gasteiger partial charge in [-0.15, -0.1) is 11.6 Å². The number of benzene rings is 2. The zero-order valence-corrected chi connectivity index (χ0v) is 13.7. The van der Waals surface area contributed by atoms with Gasteiger partial charge in [0.1, 0.15) is 0 Å². The fourth-order valence-electron chi connectivity index (χ4n) is 3.53. The molecule has 0 aliphatic carbocycles. The minimum absolute atomic E-state index is 0.320. The van der Waals surface area contributed by atoms with E-state index in [0.29, 0.717) is 12.3 Å². The number of rotatable bonds is 5. The summed E-state index contributed by atoms with van der Waals surface area (Å²) in [6, 6.07) is 14.7. The number of halogens is 1. The van der Waals surface area contributed by atoms with Gasteiger partial charge in [-0.3, -0.25) is 0 Å². The van der Waals surface area contributed by atoms with Gasteiger partial charge in [0.05, 0.1) is 6.10 Å². The maximum Gasteiger partial charge on any atom is 0.0707 e. The normalized spacial score (nSPS) is 21.1. The molecule has 1 aliphatic heterocycles. The third kappa shape index (κ3) is 3.81. The number of piperidine rings is 1. The first kappa shape index (κ1) is 15.8. The summed E-state index contributed by atoms with van der Waals surface area (Å²) in [5, 5.41) is 13.0. The number of alkyl halides is 1. The summed E-state index contributed by atoms with van der Waals surface area (Å²) in [5.74, 6) is 1.32. The molecule has 2 aromatic rings. The first-order valence-electron chi connectivity index (χ1n) is 8.19. The van der Waals surface area contributed by atoms with Crippen molar-refractivity contribution in [3.8, 4) is 0 Å². The van der Waals surface area contributed by atoms with Gasteiger partial charge in [0.25, 0.3) is 0 Å². The Morgan fingerprint density at radius 2 is 2.00 bits per heavy atom. The first-order valence-corrected chi connectivity index (χ1v) is 8.72. The molecule has 22 heavy (non-hydrogen) atoms. The smallest absolute Gasteiger partial charge is 0.0707 e. The predicted molar refractivity (Wildman–Crippen MR) is 93.5 cm³/mol. The van der Waals surface area contributed by atoms with Crippen LogP contribution in [0.15, 0.2) is 42.5 Å². The van der Waals surface area contributed by atoms with Crippen LogP contribution in [0.5, 0.6) is 0 Å². The van der Waals surface area contributed by atoms with Crippen LogP contribution in [-0.4, -0.2) is 41.6 Å². The summed E-state index contributed by atoms with van der Waals surface area (Å²) >= 11 is 5.99. The second kappa shape index (κ2) is 7.45. The van der Waals surface area contributed by atoms with Gasteiger partial charge in [-0.1, -0.05) is 42.5 Å². The third-order valence-electron chi connectivity index (χ3n) is 4.63. The van der Waals surface area contributed by atoms with Crippen molar-refractivity contribution in [3.63, 3.8) is 0 Å². The van der Waals surface area contributed by atoms with Crippen LogP contribution in [0.25, 0.3) is 10.8 Å². The zero-order chi connectivity index (χ0) is 15.4. The Kier molecular flexibility index (Phi) is 5.35. The Balaban J connectivity index is 1.64. The highest BCUT2D eigenvalue weighted by molar-refractivity contribution is 6.18. The molecule has 2 aromatic carbocycles. The highest BCUT2D eigenvalue weighted by Gasteiger charge is 2.21. The molecule has 1 fully saturated rings. The molecule has 0 amide bonds. The summed E-state index contributed by atoms with van der Waals surface area (Å²) in [6.45, 7) is 2.85. The molecule has 3 rings (SSSR count). The van der Waals surface area contributed by atoms with E-state index in [1.165, 1.54) is 29.2 Å². The number of nitrogens with zero attached hydrogens (tertiary/aromatic N) is 1. The van der Waals surface area contributed by atoms with Crippen LogP contribution in [-0.2, 0) is 6.42 Å². The van der Waals surface area contributed by atoms with Crippen molar-refractivity contribution in [2.24, 2.45) is 5.92 Å². The van der Waals surface area contributed by atoms with Crippen LogP contribution in [0.4, 0.5) is 0 Å². The van der Waals surface area contributed by atoms with Gasteiger partial charge in [0.15, 0.2) is 0 Å². The summed E-state index contributed by atoms with van der Waals surface area (Å²) < 4.78 is 0. The van der Waals surface area contributed by atoms with Crippen molar-refractivity contribution in [1.82, 2.24) is 4.90 Å². The second-order valence-corrected chi connectivity index (χ2v) is 6.73. The van der Waals surface area contributed by atoms with Crippen LogP contribution in [0, 0.1) is 5.92 Å². The molecule has 2 unspecified atom stereocenters. The third-order valence-corrected chi connectivity index (χ3v) is 5.06. The lowest BCUT2D eigenvalue weighted by Crippen LogP contribution is -2.41. The molecule has 1 aliphatic rings. The van der Waals surface area contributed by atoms with E-state index in [1.807, 2.05) is 0 Å². The number of hydrogen-bond acceptors (Lipinski definition) is 2. The molecule has 0 bridgehead atoms. The highest BCUT2D eigenvalue weighted by atomic mass is 35.5. The van der Waals surface area contributed by atoms with Crippen molar-refractivity contribution < 1.29 is 5.11 Å². The molecule has 1 saturated heterocycles. The van der Waals surface area contributed by atoms with Crippen molar-refractivity contribution in [1.29, 1.82) is 0 Å². The second-order valence-electron chi connectivity index (χ2n) is 6.42. The Hall–Kier alpha value is -1.09. The van der Waals surface area contributed by atoms with E-state index in [1.54, 1.807) is 0 Å². The van der Waals surface area contributed by atoms with Crippen molar-refractivity contribution >= 4 is 22.4 Å².